The molecule has 186 valence electrons. The predicted octanol–water partition coefficient (Wildman–Crippen LogP) is 6.73. The first-order valence-corrected chi connectivity index (χ1v) is 12.7. The van der Waals surface area contributed by atoms with Crippen molar-refractivity contribution >= 4 is 12.0 Å². The fraction of sp³-hybridized carbons (Fsp3) is 0.667. The number of carbonyl (C=O) groups is 1. The number of ether oxygens (including phenoxy) is 5. The molecule has 0 unspecified atom stereocenters. The molecule has 0 spiro atoms. The minimum atomic E-state index is -0.347. The lowest BCUT2D eigenvalue weighted by atomic mass is 9.98. The summed E-state index contributed by atoms with van der Waals surface area (Å²) in [6, 6.07) is 1.85. The molecule has 1 aromatic rings. The van der Waals surface area contributed by atoms with Gasteiger partial charge in [-0.15, -0.1) is 0 Å². The van der Waals surface area contributed by atoms with E-state index in [-0.39, 0.29) is 12.1 Å². The molecule has 1 aliphatic rings. The molecule has 1 fully saturated rings. The van der Waals surface area contributed by atoms with Gasteiger partial charge in [0.25, 0.3) is 0 Å². The normalized spacial score (nSPS) is 14.3. The molecule has 6 nitrogen and oxygen atoms in total. The molecule has 0 heterocycles. The molecule has 0 amide bonds. The van der Waals surface area contributed by atoms with E-state index in [1.165, 1.54) is 12.5 Å². The molecule has 0 aliphatic heterocycles. The van der Waals surface area contributed by atoms with Gasteiger partial charge in [0.2, 0.25) is 0 Å². The van der Waals surface area contributed by atoms with Gasteiger partial charge in [0.05, 0.1) is 32.0 Å². The highest BCUT2D eigenvalue weighted by Gasteiger charge is 2.23. The fourth-order valence-electron chi connectivity index (χ4n) is 3.65. The Hall–Kier alpha value is -2.37. The van der Waals surface area contributed by atoms with Gasteiger partial charge < -0.3 is 23.7 Å². The minimum Gasteiger partial charge on any atom is -0.490 e. The molecule has 1 saturated carbocycles. The van der Waals surface area contributed by atoms with Crippen LogP contribution in [0.4, 0.5) is 0 Å². The Kier molecular flexibility index (Phi) is 12.6. The summed E-state index contributed by atoms with van der Waals surface area (Å²) in [6.45, 7) is 10.4. The fourth-order valence-corrected chi connectivity index (χ4v) is 3.65. The van der Waals surface area contributed by atoms with Crippen LogP contribution in [0.2, 0.25) is 0 Å². The molecule has 0 radical (unpaired) electrons. The van der Waals surface area contributed by atoms with E-state index in [2.05, 4.69) is 27.7 Å². The summed E-state index contributed by atoms with van der Waals surface area (Å²) in [6.07, 6.45) is 11.9. The summed E-state index contributed by atoms with van der Waals surface area (Å²) >= 11 is 0. The maximum Gasteiger partial charge on any atom is 0.331 e. The lowest BCUT2D eigenvalue weighted by molar-refractivity contribution is -0.144. The Balaban J connectivity index is 2.45. The summed E-state index contributed by atoms with van der Waals surface area (Å²) < 4.78 is 29.9. The third kappa shape index (κ3) is 8.82. The van der Waals surface area contributed by atoms with Crippen molar-refractivity contribution in [3.63, 3.8) is 0 Å². The van der Waals surface area contributed by atoms with E-state index in [4.69, 9.17) is 23.7 Å². The van der Waals surface area contributed by atoms with Gasteiger partial charge in [0, 0.05) is 12.1 Å². The van der Waals surface area contributed by atoms with Crippen LogP contribution in [0.1, 0.15) is 91.0 Å². The summed E-state index contributed by atoms with van der Waals surface area (Å²) in [5.41, 5.74) is 0.650. The van der Waals surface area contributed by atoms with Crippen molar-refractivity contribution in [3.8, 4) is 23.0 Å². The van der Waals surface area contributed by atoms with E-state index in [1.807, 2.05) is 6.07 Å². The topological polar surface area (TPSA) is 63.2 Å². The van der Waals surface area contributed by atoms with Crippen molar-refractivity contribution < 1.29 is 28.5 Å². The van der Waals surface area contributed by atoms with E-state index >= 15 is 0 Å². The van der Waals surface area contributed by atoms with Crippen LogP contribution in [0.5, 0.6) is 23.0 Å². The zero-order chi connectivity index (χ0) is 23.9. The molecule has 1 aliphatic carbocycles. The van der Waals surface area contributed by atoms with E-state index < -0.39 is 0 Å². The van der Waals surface area contributed by atoms with Gasteiger partial charge in [0.1, 0.15) is 6.10 Å². The molecular formula is C27H42O6. The zero-order valence-electron chi connectivity index (χ0n) is 21.0. The molecule has 0 atom stereocenters. The van der Waals surface area contributed by atoms with Crippen molar-refractivity contribution in [2.24, 2.45) is 0 Å². The minimum absolute atomic E-state index is 0.00481. The standard InChI is InChI=1S/C27H42O6/c1-5-16-29-23-20-24(30-17-6-2)27(32-19-8-4)22(26(23)31-18-7-3)14-15-25(28)33-21-12-10-9-11-13-21/h14-15,20-21H,5-13,16-19H2,1-4H3. The van der Waals surface area contributed by atoms with E-state index in [9.17, 15) is 4.79 Å². The Morgan fingerprint density at radius 3 is 1.76 bits per heavy atom. The maximum absolute atomic E-state index is 12.6. The summed E-state index contributed by atoms with van der Waals surface area (Å²) in [7, 11) is 0. The smallest absolute Gasteiger partial charge is 0.331 e. The molecule has 6 heteroatoms. The van der Waals surface area contributed by atoms with Crippen molar-refractivity contribution in [3.05, 3.63) is 17.7 Å². The monoisotopic (exact) mass is 462 g/mol. The summed E-state index contributed by atoms with van der Waals surface area (Å²) in [4.78, 5) is 12.6. The number of carbonyl (C=O) groups excluding carboxylic acids is 1. The second-order valence-corrected chi connectivity index (χ2v) is 8.37. The largest absolute Gasteiger partial charge is 0.490 e. The Morgan fingerprint density at radius 1 is 0.788 bits per heavy atom. The highest BCUT2D eigenvalue weighted by atomic mass is 16.5. The molecule has 33 heavy (non-hydrogen) atoms. The quantitative estimate of drug-likeness (QED) is 0.213. The first-order chi connectivity index (χ1) is 16.1. The van der Waals surface area contributed by atoms with Crippen LogP contribution in [0, 0.1) is 0 Å². The molecule has 0 aromatic heterocycles. The Bertz CT molecular complexity index is 698. The number of hydrogen-bond acceptors (Lipinski definition) is 6. The molecule has 0 saturated heterocycles. The van der Waals surface area contributed by atoms with E-state index in [0.29, 0.717) is 55.0 Å². The predicted molar refractivity (Wildman–Crippen MR) is 132 cm³/mol. The van der Waals surface area contributed by atoms with Crippen LogP contribution in [0.15, 0.2) is 12.1 Å². The molecule has 0 N–H and O–H groups in total. The SMILES string of the molecule is CCCOc1cc(OCCC)c(OCCC)c(C=CC(=O)OC2CCCCC2)c1OCCC. The van der Waals surface area contributed by atoms with Gasteiger partial charge >= 0.3 is 5.97 Å². The van der Waals surface area contributed by atoms with Gasteiger partial charge in [-0.3, -0.25) is 0 Å². The second kappa shape index (κ2) is 15.5. The lowest BCUT2D eigenvalue weighted by Gasteiger charge is -2.22. The van der Waals surface area contributed by atoms with Crippen LogP contribution in [0.25, 0.3) is 6.08 Å². The van der Waals surface area contributed by atoms with Gasteiger partial charge in [0.15, 0.2) is 23.0 Å². The van der Waals surface area contributed by atoms with E-state index in [0.717, 1.165) is 51.4 Å². The average molecular weight is 463 g/mol. The Labute approximate surface area is 199 Å². The van der Waals surface area contributed by atoms with Crippen LogP contribution < -0.4 is 18.9 Å². The first-order valence-electron chi connectivity index (χ1n) is 12.7. The van der Waals surface area contributed by atoms with Gasteiger partial charge in [-0.1, -0.05) is 34.1 Å². The summed E-state index contributed by atoms with van der Waals surface area (Å²) in [5.74, 6) is 1.99. The maximum atomic E-state index is 12.6. The zero-order valence-corrected chi connectivity index (χ0v) is 21.0. The van der Waals surface area contributed by atoms with Crippen molar-refractivity contribution in [1.29, 1.82) is 0 Å². The van der Waals surface area contributed by atoms with Crippen LogP contribution in [-0.4, -0.2) is 38.5 Å². The van der Waals surface area contributed by atoms with Crippen LogP contribution in [-0.2, 0) is 9.53 Å². The molecule has 0 bridgehead atoms. The van der Waals surface area contributed by atoms with Crippen molar-refractivity contribution in [2.45, 2.75) is 91.6 Å². The molecule has 1 aromatic carbocycles. The van der Waals surface area contributed by atoms with Crippen LogP contribution >= 0.6 is 0 Å². The van der Waals surface area contributed by atoms with E-state index in [1.54, 1.807) is 6.08 Å². The number of hydrogen-bond donors (Lipinski definition) is 0. The third-order valence-corrected chi connectivity index (χ3v) is 5.24. The Morgan fingerprint density at radius 2 is 1.27 bits per heavy atom. The number of esters is 1. The average Bonchev–Trinajstić information content (AvgIpc) is 2.83. The molecular weight excluding hydrogens is 420 g/mol. The third-order valence-electron chi connectivity index (χ3n) is 5.24. The van der Waals surface area contributed by atoms with Gasteiger partial charge in [-0.25, -0.2) is 4.79 Å². The summed E-state index contributed by atoms with van der Waals surface area (Å²) in [5, 5.41) is 0. The molecule has 2 rings (SSSR count). The first kappa shape index (κ1) is 26.9. The van der Waals surface area contributed by atoms with Gasteiger partial charge in [-0.05, 0) is 57.4 Å². The van der Waals surface area contributed by atoms with Crippen LogP contribution in [0.3, 0.4) is 0 Å². The highest BCUT2D eigenvalue weighted by molar-refractivity contribution is 5.89. The number of rotatable bonds is 15. The van der Waals surface area contributed by atoms with Crippen molar-refractivity contribution in [2.75, 3.05) is 26.4 Å². The van der Waals surface area contributed by atoms with Crippen molar-refractivity contribution in [1.82, 2.24) is 0 Å². The second-order valence-electron chi connectivity index (χ2n) is 8.37. The number of benzene rings is 1. The highest BCUT2D eigenvalue weighted by Crippen LogP contribution is 2.46. The lowest BCUT2D eigenvalue weighted by Crippen LogP contribution is -2.19. The van der Waals surface area contributed by atoms with Gasteiger partial charge in [-0.2, -0.15) is 0 Å².